The standard InChI is InChI=1S/C17H16Cl2N4O5S/c18-14-2-1-3-15(19)13(14)11-20-21-16-5-4-12(10-17(16)23(24)25)29(26,27)22-6-8-28-9-7-22/h1-5,10-11,21H,6-9H2/b20-11-. The monoisotopic (exact) mass is 458 g/mol. The van der Waals surface area contributed by atoms with Crippen molar-refractivity contribution in [2.75, 3.05) is 31.7 Å². The molecule has 3 rings (SSSR count). The molecular weight excluding hydrogens is 443 g/mol. The maximum absolute atomic E-state index is 12.7. The molecule has 1 aliphatic heterocycles. The van der Waals surface area contributed by atoms with E-state index >= 15 is 0 Å². The molecule has 29 heavy (non-hydrogen) atoms. The van der Waals surface area contributed by atoms with Crippen LogP contribution in [0.15, 0.2) is 46.4 Å². The van der Waals surface area contributed by atoms with E-state index in [-0.39, 0.29) is 36.9 Å². The van der Waals surface area contributed by atoms with Gasteiger partial charge in [-0.3, -0.25) is 15.5 Å². The van der Waals surface area contributed by atoms with Crippen LogP contribution in [0.5, 0.6) is 0 Å². The van der Waals surface area contributed by atoms with E-state index in [1.165, 1.54) is 22.7 Å². The summed E-state index contributed by atoms with van der Waals surface area (Å²) in [7, 11) is -3.86. The minimum Gasteiger partial charge on any atom is -0.379 e. The first-order chi connectivity index (χ1) is 13.8. The molecule has 1 N–H and O–H groups in total. The Bertz CT molecular complexity index is 1040. The number of benzene rings is 2. The Morgan fingerprint density at radius 1 is 1.17 bits per heavy atom. The molecule has 0 atom stereocenters. The number of nitro benzene ring substituents is 1. The number of hydrazone groups is 1. The predicted octanol–water partition coefficient (Wildman–Crippen LogP) is 3.37. The Morgan fingerprint density at radius 3 is 2.45 bits per heavy atom. The van der Waals surface area contributed by atoms with Crippen molar-refractivity contribution in [2.45, 2.75) is 4.90 Å². The van der Waals surface area contributed by atoms with Crippen LogP contribution in [-0.4, -0.2) is 50.2 Å². The van der Waals surface area contributed by atoms with E-state index in [2.05, 4.69) is 10.5 Å². The Kier molecular flexibility index (Phi) is 6.70. The third-order valence-corrected chi connectivity index (χ3v) is 6.71. The minimum atomic E-state index is -3.86. The highest BCUT2D eigenvalue weighted by molar-refractivity contribution is 7.89. The van der Waals surface area contributed by atoms with Gasteiger partial charge in [-0.2, -0.15) is 9.41 Å². The zero-order chi connectivity index (χ0) is 21.0. The summed E-state index contributed by atoms with van der Waals surface area (Å²) in [5, 5.41) is 16.1. The van der Waals surface area contributed by atoms with Crippen molar-refractivity contribution in [3.63, 3.8) is 0 Å². The molecule has 0 radical (unpaired) electrons. The van der Waals surface area contributed by atoms with Crippen molar-refractivity contribution in [1.29, 1.82) is 0 Å². The van der Waals surface area contributed by atoms with Gasteiger partial charge in [-0.05, 0) is 24.3 Å². The molecule has 154 valence electrons. The van der Waals surface area contributed by atoms with E-state index in [1.54, 1.807) is 18.2 Å². The summed E-state index contributed by atoms with van der Waals surface area (Å²) in [6, 6.07) is 8.51. The van der Waals surface area contributed by atoms with E-state index in [0.717, 1.165) is 6.07 Å². The zero-order valence-electron chi connectivity index (χ0n) is 14.9. The first-order valence-electron chi connectivity index (χ1n) is 8.40. The molecule has 1 aliphatic rings. The fourth-order valence-electron chi connectivity index (χ4n) is 2.65. The molecular formula is C17H16Cl2N4O5S. The van der Waals surface area contributed by atoms with Gasteiger partial charge in [-0.25, -0.2) is 8.42 Å². The van der Waals surface area contributed by atoms with Gasteiger partial charge >= 0.3 is 0 Å². The second-order valence-corrected chi connectivity index (χ2v) is 8.71. The number of ether oxygens (including phenoxy) is 1. The lowest BCUT2D eigenvalue weighted by Gasteiger charge is -2.26. The first-order valence-corrected chi connectivity index (χ1v) is 10.6. The van der Waals surface area contributed by atoms with Crippen LogP contribution in [0.3, 0.4) is 0 Å². The average molecular weight is 459 g/mol. The van der Waals surface area contributed by atoms with Crippen LogP contribution >= 0.6 is 23.2 Å². The van der Waals surface area contributed by atoms with Crippen LogP contribution in [0.4, 0.5) is 11.4 Å². The Balaban J connectivity index is 1.87. The van der Waals surface area contributed by atoms with Gasteiger partial charge < -0.3 is 4.74 Å². The molecule has 0 aliphatic carbocycles. The number of nitrogens with one attached hydrogen (secondary N) is 1. The second kappa shape index (κ2) is 9.06. The fourth-order valence-corrected chi connectivity index (χ4v) is 4.58. The summed E-state index contributed by atoms with van der Waals surface area (Å²) >= 11 is 12.1. The van der Waals surface area contributed by atoms with Gasteiger partial charge in [0.2, 0.25) is 10.0 Å². The van der Waals surface area contributed by atoms with Gasteiger partial charge in [0.25, 0.3) is 5.69 Å². The first kappa shape index (κ1) is 21.5. The number of nitro groups is 1. The number of morpholine rings is 1. The lowest BCUT2D eigenvalue weighted by atomic mass is 10.2. The van der Waals surface area contributed by atoms with Crippen molar-refractivity contribution in [1.82, 2.24) is 4.31 Å². The highest BCUT2D eigenvalue weighted by atomic mass is 35.5. The number of rotatable bonds is 6. The molecule has 0 amide bonds. The summed E-state index contributed by atoms with van der Waals surface area (Å²) in [5.74, 6) is 0. The maximum Gasteiger partial charge on any atom is 0.295 e. The molecule has 9 nitrogen and oxygen atoms in total. The van der Waals surface area contributed by atoms with Gasteiger partial charge in [-0.1, -0.05) is 29.3 Å². The van der Waals surface area contributed by atoms with Crippen molar-refractivity contribution >= 4 is 50.8 Å². The smallest absolute Gasteiger partial charge is 0.295 e. The second-order valence-electron chi connectivity index (χ2n) is 5.96. The summed E-state index contributed by atoms with van der Waals surface area (Å²) < 4.78 is 31.8. The molecule has 0 spiro atoms. The Morgan fingerprint density at radius 2 is 1.83 bits per heavy atom. The SMILES string of the molecule is O=[N+]([O-])c1cc(S(=O)(=O)N2CCOCC2)ccc1N/N=C\c1c(Cl)cccc1Cl. The van der Waals surface area contributed by atoms with Crippen molar-refractivity contribution in [2.24, 2.45) is 5.10 Å². The molecule has 2 aromatic rings. The minimum absolute atomic E-state index is 0.0235. The molecule has 2 aromatic carbocycles. The quantitative estimate of drug-likeness (QED) is 0.403. The van der Waals surface area contributed by atoms with Crippen LogP contribution < -0.4 is 5.43 Å². The number of anilines is 1. The lowest BCUT2D eigenvalue weighted by Crippen LogP contribution is -2.40. The van der Waals surface area contributed by atoms with Crippen molar-refractivity contribution in [3.8, 4) is 0 Å². The lowest BCUT2D eigenvalue weighted by molar-refractivity contribution is -0.384. The van der Waals surface area contributed by atoms with E-state index < -0.39 is 20.6 Å². The number of hydrogen-bond donors (Lipinski definition) is 1. The molecule has 0 aromatic heterocycles. The van der Waals surface area contributed by atoms with Gasteiger partial charge in [0.1, 0.15) is 5.69 Å². The van der Waals surface area contributed by atoms with E-state index in [9.17, 15) is 18.5 Å². The molecule has 12 heteroatoms. The van der Waals surface area contributed by atoms with Gasteiger partial charge in [0, 0.05) is 24.7 Å². The average Bonchev–Trinajstić information content (AvgIpc) is 2.70. The third kappa shape index (κ3) is 4.85. The summed E-state index contributed by atoms with van der Waals surface area (Å²) in [6.45, 7) is 0.943. The molecule has 1 fully saturated rings. The predicted molar refractivity (Wildman–Crippen MR) is 110 cm³/mol. The van der Waals surface area contributed by atoms with Crippen LogP contribution in [0, 0.1) is 10.1 Å². The Labute approximate surface area is 177 Å². The molecule has 0 saturated carbocycles. The van der Waals surface area contributed by atoms with Crippen LogP contribution in [0.1, 0.15) is 5.56 Å². The van der Waals surface area contributed by atoms with E-state index in [4.69, 9.17) is 27.9 Å². The summed E-state index contributed by atoms with van der Waals surface area (Å²) in [5.41, 5.74) is 2.57. The molecule has 0 unspecified atom stereocenters. The highest BCUT2D eigenvalue weighted by Crippen LogP contribution is 2.29. The highest BCUT2D eigenvalue weighted by Gasteiger charge is 2.28. The Hall–Kier alpha value is -2.24. The molecule has 1 heterocycles. The van der Waals surface area contributed by atoms with Gasteiger partial charge in [0.05, 0.1) is 39.3 Å². The van der Waals surface area contributed by atoms with Crippen molar-refractivity contribution < 1.29 is 18.1 Å². The van der Waals surface area contributed by atoms with Crippen LogP contribution in [0.2, 0.25) is 10.0 Å². The zero-order valence-corrected chi connectivity index (χ0v) is 17.2. The number of hydrogen-bond acceptors (Lipinski definition) is 7. The largest absolute Gasteiger partial charge is 0.379 e. The maximum atomic E-state index is 12.7. The van der Waals surface area contributed by atoms with E-state index in [0.29, 0.717) is 15.6 Å². The number of nitrogens with zero attached hydrogens (tertiary/aromatic N) is 3. The van der Waals surface area contributed by atoms with E-state index in [1.807, 2.05) is 0 Å². The number of sulfonamides is 1. The van der Waals surface area contributed by atoms with Crippen molar-refractivity contribution in [3.05, 3.63) is 62.1 Å². The number of halogens is 2. The molecule has 1 saturated heterocycles. The molecule has 0 bridgehead atoms. The van der Waals surface area contributed by atoms with Crippen LogP contribution in [0.25, 0.3) is 0 Å². The summed E-state index contributed by atoms with van der Waals surface area (Å²) in [6.07, 6.45) is 1.33. The van der Waals surface area contributed by atoms with Gasteiger partial charge in [0.15, 0.2) is 0 Å². The third-order valence-electron chi connectivity index (χ3n) is 4.15. The van der Waals surface area contributed by atoms with Crippen LogP contribution in [-0.2, 0) is 14.8 Å². The topological polar surface area (TPSA) is 114 Å². The summed E-state index contributed by atoms with van der Waals surface area (Å²) in [4.78, 5) is 10.6. The normalized spacial score (nSPS) is 15.5. The fraction of sp³-hybridized carbons (Fsp3) is 0.235. The van der Waals surface area contributed by atoms with Gasteiger partial charge in [-0.15, -0.1) is 0 Å².